The standard InChI is InChI=1S/C39H43F3N6O4/c40-39(41,42)30-3-1-2-29(21-30)36(51)45-38-43-33-20-27(8-14-34(33)48(38)31-11-6-26(24-49)7-12-31)23-47-18-16-46(17-19-47)22-25-4-9-28(10-5-25)32-13-15-35(50)44-37(32)52/h1-5,8-10,14,20-21,26,31-32,49H,6-7,11-13,15-19,22-24H2,(H,43,45,51)(H,44,50,52). The number of amides is 3. The molecule has 4 aromatic rings. The van der Waals surface area contributed by atoms with Crippen molar-refractivity contribution in [2.24, 2.45) is 5.92 Å². The largest absolute Gasteiger partial charge is 0.416 e. The third-order valence-electron chi connectivity index (χ3n) is 10.8. The van der Waals surface area contributed by atoms with Crippen molar-refractivity contribution in [2.75, 3.05) is 38.1 Å². The number of fused-ring (bicyclic) bond motifs is 1. The molecule has 1 atom stereocenters. The van der Waals surface area contributed by atoms with Crippen LogP contribution in [-0.4, -0.2) is 75.0 Å². The maximum Gasteiger partial charge on any atom is 0.416 e. The second kappa shape index (κ2) is 15.2. The molecule has 0 spiro atoms. The van der Waals surface area contributed by atoms with Gasteiger partial charge in [-0.05, 0) is 85.0 Å². The predicted octanol–water partition coefficient (Wildman–Crippen LogP) is 5.87. The Morgan fingerprint density at radius 2 is 1.54 bits per heavy atom. The zero-order valence-corrected chi connectivity index (χ0v) is 28.9. The highest BCUT2D eigenvalue weighted by molar-refractivity contribution is 6.04. The van der Waals surface area contributed by atoms with Crippen molar-refractivity contribution in [3.63, 3.8) is 0 Å². The van der Waals surface area contributed by atoms with E-state index in [1.807, 2.05) is 28.8 Å². The highest BCUT2D eigenvalue weighted by Crippen LogP contribution is 2.37. The van der Waals surface area contributed by atoms with E-state index in [1.165, 1.54) is 17.7 Å². The van der Waals surface area contributed by atoms with Crippen LogP contribution in [0.15, 0.2) is 66.7 Å². The van der Waals surface area contributed by atoms with Gasteiger partial charge >= 0.3 is 6.18 Å². The van der Waals surface area contributed by atoms with E-state index in [0.717, 1.165) is 93.7 Å². The number of alkyl halides is 3. The van der Waals surface area contributed by atoms with E-state index < -0.39 is 17.6 Å². The molecule has 0 bridgehead atoms. The Labute approximate surface area is 300 Å². The molecule has 3 N–H and O–H groups in total. The second-order valence-electron chi connectivity index (χ2n) is 14.3. The van der Waals surface area contributed by atoms with E-state index in [9.17, 15) is 32.7 Å². The summed E-state index contributed by atoms with van der Waals surface area (Å²) in [6.45, 7) is 5.23. The summed E-state index contributed by atoms with van der Waals surface area (Å²) in [6, 6.07) is 18.6. The number of anilines is 1. The topological polar surface area (TPSA) is 120 Å². The second-order valence-corrected chi connectivity index (χ2v) is 14.3. The van der Waals surface area contributed by atoms with Gasteiger partial charge in [0, 0.05) is 63.9 Å². The summed E-state index contributed by atoms with van der Waals surface area (Å²) in [5.41, 5.74) is 3.76. The van der Waals surface area contributed by atoms with Crippen LogP contribution in [0.5, 0.6) is 0 Å². The van der Waals surface area contributed by atoms with Crippen molar-refractivity contribution < 1.29 is 32.7 Å². The number of carbonyl (C=O) groups is 3. The van der Waals surface area contributed by atoms with Crippen LogP contribution in [0.25, 0.3) is 11.0 Å². The van der Waals surface area contributed by atoms with Gasteiger partial charge in [-0.2, -0.15) is 13.2 Å². The number of piperidine rings is 1. The van der Waals surface area contributed by atoms with Crippen molar-refractivity contribution in [3.05, 3.63) is 94.5 Å². The number of hydrogen-bond acceptors (Lipinski definition) is 7. The smallest absolute Gasteiger partial charge is 0.396 e. The first-order chi connectivity index (χ1) is 25.0. The third-order valence-corrected chi connectivity index (χ3v) is 10.8. The lowest BCUT2D eigenvalue weighted by Crippen LogP contribution is -2.45. The van der Waals surface area contributed by atoms with Gasteiger partial charge in [-0.15, -0.1) is 0 Å². The molecule has 1 saturated carbocycles. The van der Waals surface area contributed by atoms with E-state index in [1.54, 1.807) is 0 Å². The molecule has 52 heavy (non-hydrogen) atoms. The van der Waals surface area contributed by atoms with Crippen molar-refractivity contribution >= 4 is 34.7 Å². The summed E-state index contributed by atoms with van der Waals surface area (Å²) in [5, 5.41) is 14.9. The highest BCUT2D eigenvalue weighted by atomic mass is 19.4. The molecule has 10 nitrogen and oxygen atoms in total. The lowest BCUT2D eigenvalue weighted by atomic mass is 9.86. The molecule has 0 radical (unpaired) electrons. The fourth-order valence-electron chi connectivity index (χ4n) is 7.79. The fraction of sp³-hybridized carbons (Fsp3) is 0.436. The minimum atomic E-state index is -4.56. The van der Waals surface area contributed by atoms with Gasteiger partial charge in [0.05, 0.1) is 22.5 Å². The number of nitrogens with zero attached hydrogens (tertiary/aromatic N) is 4. The number of carbonyl (C=O) groups excluding carboxylic acids is 3. The molecule has 13 heteroatoms. The number of benzene rings is 3. The fourth-order valence-corrected chi connectivity index (χ4v) is 7.79. The van der Waals surface area contributed by atoms with E-state index in [4.69, 9.17) is 4.98 Å². The van der Waals surface area contributed by atoms with Gasteiger partial charge in [-0.25, -0.2) is 4.98 Å². The quantitative estimate of drug-likeness (QED) is 0.186. The van der Waals surface area contributed by atoms with E-state index in [0.29, 0.717) is 24.3 Å². The Balaban J connectivity index is 1.01. The number of imide groups is 1. The van der Waals surface area contributed by atoms with Crippen LogP contribution >= 0.6 is 0 Å². The monoisotopic (exact) mass is 716 g/mol. The molecule has 3 fully saturated rings. The van der Waals surface area contributed by atoms with Gasteiger partial charge in [0.2, 0.25) is 17.8 Å². The molecule has 7 rings (SSSR count). The van der Waals surface area contributed by atoms with Crippen LogP contribution in [0.2, 0.25) is 0 Å². The van der Waals surface area contributed by atoms with Gasteiger partial charge in [0.15, 0.2) is 0 Å². The molecule has 1 unspecified atom stereocenters. The first-order valence-corrected chi connectivity index (χ1v) is 18.0. The van der Waals surface area contributed by atoms with Crippen molar-refractivity contribution in [1.29, 1.82) is 0 Å². The summed E-state index contributed by atoms with van der Waals surface area (Å²) >= 11 is 0. The Hall–Kier alpha value is -4.59. The van der Waals surface area contributed by atoms with Crippen LogP contribution in [-0.2, 0) is 28.9 Å². The zero-order chi connectivity index (χ0) is 36.4. The summed E-state index contributed by atoms with van der Waals surface area (Å²) in [7, 11) is 0. The van der Waals surface area contributed by atoms with Gasteiger partial charge in [-0.3, -0.25) is 34.8 Å². The zero-order valence-electron chi connectivity index (χ0n) is 28.9. The molecule has 1 aromatic heterocycles. The number of hydrogen-bond donors (Lipinski definition) is 3. The van der Waals surface area contributed by atoms with Crippen LogP contribution < -0.4 is 10.6 Å². The van der Waals surface area contributed by atoms with Gasteiger partial charge in [-0.1, -0.05) is 36.4 Å². The summed E-state index contributed by atoms with van der Waals surface area (Å²) < 4.78 is 42.1. The summed E-state index contributed by atoms with van der Waals surface area (Å²) in [4.78, 5) is 46.7. The molecule has 3 aromatic carbocycles. The van der Waals surface area contributed by atoms with Crippen LogP contribution in [0.1, 0.15) is 83.1 Å². The van der Waals surface area contributed by atoms with Crippen LogP contribution in [0.4, 0.5) is 19.1 Å². The first-order valence-electron chi connectivity index (χ1n) is 18.0. The van der Waals surface area contributed by atoms with Gasteiger partial charge in [0.25, 0.3) is 5.91 Å². The Kier molecular flexibility index (Phi) is 10.4. The summed E-state index contributed by atoms with van der Waals surface area (Å²) in [6.07, 6.45) is -0.422. The number of aromatic nitrogens is 2. The minimum Gasteiger partial charge on any atom is -0.396 e. The Morgan fingerprint density at radius 3 is 2.19 bits per heavy atom. The highest BCUT2D eigenvalue weighted by Gasteiger charge is 2.32. The Bertz CT molecular complexity index is 1930. The van der Waals surface area contributed by atoms with Gasteiger partial charge < -0.3 is 9.67 Å². The van der Waals surface area contributed by atoms with E-state index in [-0.39, 0.29) is 41.9 Å². The van der Waals surface area contributed by atoms with E-state index in [2.05, 4.69) is 38.6 Å². The molecule has 3 heterocycles. The molecule has 3 aliphatic rings. The average molecular weight is 717 g/mol. The summed E-state index contributed by atoms with van der Waals surface area (Å²) in [5.74, 6) is -0.849. The molecule has 2 saturated heterocycles. The third kappa shape index (κ3) is 8.06. The molecular weight excluding hydrogens is 673 g/mol. The number of rotatable bonds is 9. The molecule has 2 aliphatic heterocycles. The van der Waals surface area contributed by atoms with E-state index >= 15 is 0 Å². The molecule has 3 amide bonds. The lowest BCUT2D eigenvalue weighted by molar-refractivity contribution is -0.138. The number of aliphatic hydroxyl groups excluding tert-OH is 1. The number of imidazole rings is 1. The van der Waals surface area contributed by atoms with Crippen molar-refractivity contribution in [3.8, 4) is 0 Å². The molecular formula is C39H43F3N6O4. The maximum atomic E-state index is 13.4. The van der Waals surface area contributed by atoms with Crippen molar-refractivity contribution in [2.45, 2.75) is 69.8 Å². The maximum absolute atomic E-state index is 13.4. The number of nitrogens with one attached hydrogen (secondary N) is 2. The number of aliphatic hydroxyl groups is 1. The Morgan fingerprint density at radius 1 is 0.865 bits per heavy atom. The molecule has 274 valence electrons. The SMILES string of the molecule is O=C1CCC(c2ccc(CN3CCN(Cc4ccc5c(c4)nc(NC(=O)c4cccc(C(F)(F)F)c4)n5C4CCC(CO)CC4)CC3)cc2)C(=O)N1. The normalized spacial score (nSPS) is 22.0. The first kappa shape index (κ1) is 35.8. The van der Waals surface area contributed by atoms with Crippen LogP contribution in [0, 0.1) is 5.92 Å². The van der Waals surface area contributed by atoms with Crippen molar-refractivity contribution in [1.82, 2.24) is 24.7 Å². The average Bonchev–Trinajstić information content (AvgIpc) is 3.49. The van der Waals surface area contributed by atoms with Gasteiger partial charge in [0.1, 0.15) is 0 Å². The number of piperazine rings is 1. The minimum absolute atomic E-state index is 0.0252. The van der Waals surface area contributed by atoms with Crippen LogP contribution in [0.3, 0.4) is 0 Å². The lowest BCUT2D eigenvalue weighted by Gasteiger charge is -2.34. The predicted molar refractivity (Wildman–Crippen MR) is 189 cm³/mol. The number of halogens is 3. The molecule has 1 aliphatic carbocycles.